The van der Waals surface area contributed by atoms with E-state index in [9.17, 15) is 9.59 Å². The van der Waals surface area contributed by atoms with Crippen LogP contribution in [0.5, 0.6) is 0 Å². The predicted molar refractivity (Wildman–Crippen MR) is 144 cm³/mol. The van der Waals surface area contributed by atoms with Gasteiger partial charge in [0.25, 0.3) is 0 Å². The molecule has 1 aromatic carbocycles. The monoisotopic (exact) mass is 558 g/mol. The van der Waals surface area contributed by atoms with E-state index in [1.165, 1.54) is 6.42 Å². The summed E-state index contributed by atoms with van der Waals surface area (Å²) in [5.74, 6) is 1.41. The van der Waals surface area contributed by atoms with E-state index in [4.69, 9.17) is 9.47 Å². The smallest absolute Gasteiger partial charge is 0.419 e. The van der Waals surface area contributed by atoms with Crippen molar-refractivity contribution in [1.29, 1.82) is 0 Å². The summed E-state index contributed by atoms with van der Waals surface area (Å²) in [7, 11) is 0. The summed E-state index contributed by atoms with van der Waals surface area (Å²) in [5.41, 5.74) is 2.36. The van der Waals surface area contributed by atoms with Crippen LogP contribution in [0.2, 0.25) is 0 Å². The van der Waals surface area contributed by atoms with Crippen LogP contribution in [0.15, 0.2) is 22.7 Å². The van der Waals surface area contributed by atoms with Gasteiger partial charge in [0.1, 0.15) is 11.7 Å². The number of benzene rings is 1. The van der Waals surface area contributed by atoms with Crippen LogP contribution in [0.1, 0.15) is 90.9 Å². The largest absolute Gasteiger partial charge is 0.445 e. The molecule has 2 fully saturated rings. The quantitative estimate of drug-likeness (QED) is 0.376. The van der Waals surface area contributed by atoms with Crippen LogP contribution >= 0.6 is 15.9 Å². The summed E-state index contributed by atoms with van der Waals surface area (Å²) >= 11 is 3.60. The van der Waals surface area contributed by atoms with Crippen LogP contribution in [0.25, 0.3) is 10.9 Å². The van der Waals surface area contributed by atoms with Crippen molar-refractivity contribution in [3.05, 3.63) is 33.9 Å². The van der Waals surface area contributed by atoms with Crippen molar-refractivity contribution in [3.63, 3.8) is 0 Å². The molecule has 196 valence electrons. The van der Waals surface area contributed by atoms with Gasteiger partial charge in [0.05, 0.1) is 11.6 Å². The van der Waals surface area contributed by atoms with Gasteiger partial charge in [-0.3, -0.25) is 4.90 Å². The van der Waals surface area contributed by atoms with Crippen LogP contribution in [-0.2, 0) is 15.9 Å². The Hall–Kier alpha value is -2.02. The summed E-state index contributed by atoms with van der Waals surface area (Å²) in [5, 5.41) is 1.02. The van der Waals surface area contributed by atoms with Gasteiger partial charge in [-0.25, -0.2) is 14.2 Å². The molecule has 2 aromatic rings. The molecular weight excluding hydrogens is 520 g/mol. The number of ether oxygens (including phenoxy) is 2. The summed E-state index contributed by atoms with van der Waals surface area (Å²) < 4.78 is 14.8. The zero-order valence-electron chi connectivity index (χ0n) is 22.3. The molecule has 36 heavy (non-hydrogen) atoms. The van der Waals surface area contributed by atoms with Crippen molar-refractivity contribution in [2.75, 3.05) is 0 Å². The molecule has 7 heteroatoms. The Bertz CT molecular complexity index is 1180. The normalized spacial score (nSPS) is 27.9. The second-order valence-corrected chi connectivity index (χ2v) is 13.4. The Morgan fingerprint density at radius 2 is 1.83 bits per heavy atom. The third kappa shape index (κ3) is 4.57. The van der Waals surface area contributed by atoms with Gasteiger partial charge in [-0.15, -0.1) is 0 Å². The second kappa shape index (κ2) is 9.38. The first-order valence-electron chi connectivity index (χ1n) is 13.5. The maximum Gasteiger partial charge on any atom is 0.419 e. The van der Waals surface area contributed by atoms with Crippen LogP contribution in [0.4, 0.5) is 9.59 Å². The fourth-order valence-corrected chi connectivity index (χ4v) is 7.08. The number of nitrogens with zero attached hydrogens (tertiary/aromatic N) is 2. The van der Waals surface area contributed by atoms with Gasteiger partial charge in [0.15, 0.2) is 0 Å². The van der Waals surface area contributed by atoms with E-state index in [1.54, 1.807) is 0 Å². The lowest BCUT2D eigenvalue weighted by atomic mass is 9.75. The lowest BCUT2D eigenvalue weighted by molar-refractivity contribution is 0.00630. The molecule has 1 saturated heterocycles. The highest BCUT2D eigenvalue weighted by Crippen LogP contribution is 2.49. The average Bonchev–Trinajstić information content (AvgIpc) is 3.25. The first-order chi connectivity index (χ1) is 16.9. The highest BCUT2D eigenvalue weighted by atomic mass is 79.9. The first kappa shape index (κ1) is 25.6. The number of fused-ring (bicyclic) bond motifs is 6. The zero-order chi connectivity index (χ0) is 25.9. The molecule has 5 atom stereocenters. The Labute approximate surface area is 222 Å². The predicted octanol–water partition coefficient (Wildman–Crippen LogP) is 7.85. The Kier molecular flexibility index (Phi) is 6.67. The molecule has 0 radical (unpaired) electrons. The minimum absolute atomic E-state index is 0.0229. The number of hydrogen-bond donors (Lipinski definition) is 0. The average molecular weight is 560 g/mol. The summed E-state index contributed by atoms with van der Waals surface area (Å²) in [6.45, 7) is 12.4. The van der Waals surface area contributed by atoms with E-state index in [-0.39, 0.29) is 30.4 Å². The Morgan fingerprint density at radius 1 is 1.08 bits per heavy atom. The number of rotatable bonds is 2. The van der Waals surface area contributed by atoms with Gasteiger partial charge in [0.2, 0.25) is 0 Å². The van der Waals surface area contributed by atoms with Gasteiger partial charge < -0.3 is 9.47 Å². The maximum absolute atomic E-state index is 13.9. The van der Waals surface area contributed by atoms with Gasteiger partial charge in [-0.05, 0) is 76.3 Å². The van der Waals surface area contributed by atoms with E-state index >= 15 is 0 Å². The van der Waals surface area contributed by atoms with E-state index in [0.717, 1.165) is 52.3 Å². The van der Waals surface area contributed by atoms with Crippen molar-refractivity contribution >= 4 is 39.0 Å². The molecular formula is C29H39BrN2O4. The molecule has 2 aliphatic heterocycles. The number of carbonyl (C=O) groups excluding carboxylic acids is 2. The zero-order valence-corrected chi connectivity index (χ0v) is 23.9. The minimum Gasteiger partial charge on any atom is -0.445 e. The van der Waals surface area contributed by atoms with Crippen molar-refractivity contribution < 1.29 is 19.1 Å². The fourth-order valence-electron chi connectivity index (χ4n) is 6.73. The highest BCUT2D eigenvalue weighted by molar-refractivity contribution is 9.10. The van der Waals surface area contributed by atoms with Crippen LogP contribution in [0.3, 0.4) is 0 Å². The van der Waals surface area contributed by atoms with E-state index in [1.807, 2.05) is 42.4 Å². The van der Waals surface area contributed by atoms with Crippen LogP contribution < -0.4 is 0 Å². The SMILES string of the molecule is CC1CCC(C(C)C)C(OC(=O)n2c3c(c4ccc(Br)cc42)C2CCC(C3)N2C(=O)OC(C)(C)C)C1. The third-order valence-corrected chi connectivity index (χ3v) is 8.83. The second-order valence-electron chi connectivity index (χ2n) is 12.4. The van der Waals surface area contributed by atoms with Crippen LogP contribution in [-0.4, -0.2) is 39.4 Å². The number of halogens is 1. The molecule has 2 bridgehead atoms. The lowest BCUT2D eigenvalue weighted by Crippen LogP contribution is -2.45. The number of hydrogen-bond acceptors (Lipinski definition) is 4. The molecule has 3 heterocycles. The molecule has 1 aromatic heterocycles. The molecule has 5 rings (SSSR count). The van der Waals surface area contributed by atoms with Crippen molar-refractivity contribution in [2.24, 2.45) is 17.8 Å². The number of amides is 1. The van der Waals surface area contributed by atoms with Crippen LogP contribution in [0, 0.1) is 17.8 Å². The summed E-state index contributed by atoms with van der Waals surface area (Å²) in [4.78, 5) is 29.0. The Balaban J connectivity index is 1.54. The molecule has 6 nitrogen and oxygen atoms in total. The van der Waals surface area contributed by atoms with Gasteiger partial charge in [0, 0.05) is 33.6 Å². The summed E-state index contributed by atoms with van der Waals surface area (Å²) in [6, 6.07) is 6.01. The van der Waals surface area contributed by atoms with Crippen molar-refractivity contribution in [1.82, 2.24) is 9.47 Å². The Morgan fingerprint density at radius 3 is 2.53 bits per heavy atom. The maximum atomic E-state index is 13.9. The highest BCUT2D eigenvalue weighted by Gasteiger charge is 2.47. The van der Waals surface area contributed by atoms with E-state index in [2.05, 4.69) is 42.8 Å². The number of carbonyl (C=O) groups is 2. The van der Waals surface area contributed by atoms with Crippen molar-refractivity contribution in [2.45, 2.75) is 104 Å². The molecule has 0 spiro atoms. The van der Waals surface area contributed by atoms with Gasteiger partial charge in [-0.1, -0.05) is 49.2 Å². The molecule has 1 aliphatic carbocycles. The van der Waals surface area contributed by atoms with Gasteiger partial charge in [-0.2, -0.15) is 0 Å². The van der Waals surface area contributed by atoms with Crippen molar-refractivity contribution in [3.8, 4) is 0 Å². The molecule has 0 N–H and O–H groups in total. The fraction of sp³-hybridized carbons (Fsp3) is 0.655. The standard InChI is InChI=1S/C29H39BrN2O4/c1-16(2)20-10-7-17(3)13-25(20)35-27(33)32-23-14-18(30)8-11-21(23)26-22-12-9-19(15-24(26)32)31(22)28(34)36-29(4,5)6/h8,11,14,16-17,19-20,22,25H,7,9-10,12-13,15H2,1-6H3. The third-order valence-electron chi connectivity index (χ3n) is 8.34. The lowest BCUT2D eigenvalue weighted by Gasteiger charge is -2.37. The summed E-state index contributed by atoms with van der Waals surface area (Å²) in [6.07, 6.45) is 4.99. The molecule has 5 unspecified atom stereocenters. The first-order valence-corrected chi connectivity index (χ1v) is 14.3. The van der Waals surface area contributed by atoms with Gasteiger partial charge >= 0.3 is 12.2 Å². The minimum atomic E-state index is -0.552. The molecule has 3 aliphatic rings. The van der Waals surface area contributed by atoms with E-state index < -0.39 is 5.60 Å². The topological polar surface area (TPSA) is 60.8 Å². The number of aromatic nitrogens is 1. The van der Waals surface area contributed by atoms with E-state index in [0.29, 0.717) is 24.2 Å². The molecule has 1 amide bonds. The molecule has 1 saturated carbocycles.